The number of rotatable bonds is 5. The van der Waals surface area contributed by atoms with Crippen molar-refractivity contribution in [3.8, 4) is 0 Å². The molecule has 0 spiro atoms. The smallest absolute Gasteiger partial charge is 0.156 e. The summed E-state index contributed by atoms with van der Waals surface area (Å²) in [7, 11) is 0. The van der Waals surface area contributed by atoms with E-state index in [1.54, 1.807) is 0 Å². The first-order valence-electron chi connectivity index (χ1n) is 7.18. The standard InChI is InChI=1S/C16H21ClN4/c1-5-21(6-2)14-9-7-13(8-10-14)18-16-12(4)11(3)15(17)19-20-16/h7-10H,5-6H2,1-4H3,(H,18,20). The van der Waals surface area contributed by atoms with Gasteiger partial charge in [0, 0.05) is 24.5 Å². The number of anilines is 3. The highest BCUT2D eigenvalue weighted by molar-refractivity contribution is 6.30. The van der Waals surface area contributed by atoms with E-state index in [1.807, 2.05) is 13.8 Å². The Balaban J connectivity index is 2.19. The molecule has 0 aliphatic rings. The number of halogens is 1. The van der Waals surface area contributed by atoms with E-state index in [-0.39, 0.29) is 0 Å². The van der Waals surface area contributed by atoms with Crippen molar-refractivity contribution in [1.82, 2.24) is 10.2 Å². The third-order valence-corrected chi connectivity index (χ3v) is 4.08. The maximum absolute atomic E-state index is 5.97. The molecule has 1 aromatic carbocycles. The van der Waals surface area contributed by atoms with Gasteiger partial charge in [0.1, 0.15) is 0 Å². The average molecular weight is 305 g/mol. The van der Waals surface area contributed by atoms with Gasteiger partial charge in [-0.3, -0.25) is 0 Å². The zero-order valence-electron chi connectivity index (χ0n) is 12.9. The van der Waals surface area contributed by atoms with Gasteiger partial charge in [0.15, 0.2) is 11.0 Å². The Hall–Kier alpha value is -1.81. The molecule has 1 heterocycles. The molecule has 0 unspecified atom stereocenters. The van der Waals surface area contributed by atoms with Crippen LogP contribution in [0.4, 0.5) is 17.2 Å². The van der Waals surface area contributed by atoms with Crippen LogP contribution in [0.2, 0.25) is 5.15 Å². The van der Waals surface area contributed by atoms with E-state index in [0.29, 0.717) is 5.15 Å². The summed E-state index contributed by atoms with van der Waals surface area (Å²) < 4.78 is 0. The fourth-order valence-corrected chi connectivity index (χ4v) is 2.36. The summed E-state index contributed by atoms with van der Waals surface area (Å²) in [4.78, 5) is 2.31. The monoisotopic (exact) mass is 304 g/mol. The first-order valence-corrected chi connectivity index (χ1v) is 7.56. The number of nitrogens with one attached hydrogen (secondary N) is 1. The van der Waals surface area contributed by atoms with Crippen molar-refractivity contribution in [3.05, 3.63) is 40.5 Å². The summed E-state index contributed by atoms with van der Waals surface area (Å²) in [5.74, 6) is 0.743. The maximum atomic E-state index is 5.97. The molecule has 2 rings (SSSR count). The van der Waals surface area contributed by atoms with Gasteiger partial charge < -0.3 is 10.2 Å². The molecule has 112 valence electrons. The normalized spacial score (nSPS) is 10.5. The number of benzene rings is 1. The first kappa shape index (κ1) is 15.6. The van der Waals surface area contributed by atoms with Crippen molar-refractivity contribution in [2.75, 3.05) is 23.3 Å². The molecule has 21 heavy (non-hydrogen) atoms. The summed E-state index contributed by atoms with van der Waals surface area (Å²) in [6.07, 6.45) is 0. The van der Waals surface area contributed by atoms with Gasteiger partial charge in [0.05, 0.1) is 0 Å². The van der Waals surface area contributed by atoms with Crippen LogP contribution >= 0.6 is 11.6 Å². The lowest BCUT2D eigenvalue weighted by atomic mass is 10.2. The average Bonchev–Trinajstić information content (AvgIpc) is 2.51. The number of aromatic nitrogens is 2. The van der Waals surface area contributed by atoms with Crippen LogP contribution in [0, 0.1) is 13.8 Å². The van der Waals surface area contributed by atoms with Crippen LogP contribution in [-0.2, 0) is 0 Å². The molecule has 2 aromatic rings. The fraction of sp³-hybridized carbons (Fsp3) is 0.375. The molecule has 0 aliphatic carbocycles. The second-order valence-corrected chi connectivity index (χ2v) is 5.29. The van der Waals surface area contributed by atoms with Gasteiger partial charge in [0.2, 0.25) is 0 Å². The van der Waals surface area contributed by atoms with Crippen LogP contribution in [0.1, 0.15) is 25.0 Å². The van der Waals surface area contributed by atoms with Gasteiger partial charge in [-0.25, -0.2) is 0 Å². The minimum atomic E-state index is 0.454. The molecule has 0 aliphatic heterocycles. The predicted molar refractivity (Wildman–Crippen MR) is 89.8 cm³/mol. The third kappa shape index (κ3) is 3.45. The quantitative estimate of drug-likeness (QED) is 0.892. The van der Waals surface area contributed by atoms with E-state index in [2.05, 4.69) is 58.5 Å². The van der Waals surface area contributed by atoms with Gasteiger partial charge in [-0.2, -0.15) is 0 Å². The Labute approximate surface area is 131 Å². The van der Waals surface area contributed by atoms with Gasteiger partial charge in [-0.05, 0) is 63.1 Å². The first-order chi connectivity index (χ1) is 10.1. The van der Waals surface area contributed by atoms with Crippen molar-refractivity contribution >= 4 is 28.8 Å². The Morgan fingerprint density at radius 3 is 2.19 bits per heavy atom. The van der Waals surface area contributed by atoms with Gasteiger partial charge in [0.25, 0.3) is 0 Å². The van der Waals surface area contributed by atoms with Crippen molar-refractivity contribution in [3.63, 3.8) is 0 Å². The number of hydrogen-bond donors (Lipinski definition) is 1. The highest BCUT2D eigenvalue weighted by atomic mass is 35.5. The summed E-state index contributed by atoms with van der Waals surface area (Å²) in [6, 6.07) is 8.33. The molecule has 1 N–H and O–H groups in total. The fourth-order valence-electron chi connectivity index (χ4n) is 2.18. The van der Waals surface area contributed by atoms with Gasteiger partial charge >= 0.3 is 0 Å². The Morgan fingerprint density at radius 1 is 1.00 bits per heavy atom. The molecule has 0 saturated carbocycles. The minimum absolute atomic E-state index is 0.454. The molecular weight excluding hydrogens is 284 g/mol. The van der Waals surface area contributed by atoms with Gasteiger partial charge in [-0.15, -0.1) is 10.2 Å². The second kappa shape index (κ2) is 6.76. The zero-order valence-corrected chi connectivity index (χ0v) is 13.7. The molecule has 0 bridgehead atoms. The third-order valence-electron chi connectivity index (χ3n) is 3.72. The van der Waals surface area contributed by atoms with Crippen LogP contribution in [0.15, 0.2) is 24.3 Å². The lowest BCUT2D eigenvalue weighted by Gasteiger charge is -2.21. The molecule has 5 heteroatoms. The van der Waals surface area contributed by atoms with Crippen molar-refractivity contribution < 1.29 is 0 Å². The highest BCUT2D eigenvalue weighted by Gasteiger charge is 2.08. The number of nitrogens with zero attached hydrogens (tertiary/aromatic N) is 3. The lowest BCUT2D eigenvalue weighted by Crippen LogP contribution is -2.21. The van der Waals surface area contributed by atoms with Gasteiger partial charge in [-0.1, -0.05) is 11.6 Å². The summed E-state index contributed by atoms with van der Waals surface area (Å²) >= 11 is 5.97. The Bertz CT molecular complexity index is 606. The summed E-state index contributed by atoms with van der Waals surface area (Å²) in [5.41, 5.74) is 4.18. The zero-order chi connectivity index (χ0) is 15.4. The summed E-state index contributed by atoms with van der Waals surface area (Å²) in [6.45, 7) is 10.3. The molecule has 0 radical (unpaired) electrons. The molecule has 0 amide bonds. The van der Waals surface area contributed by atoms with Crippen molar-refractivity contribution in [2.24, 2.45) is 0 Å². The van der Waals surface area contributed by atoms with E-state index in [1.165, 1.54) is 5.69 Å². The van der Waals surface area contributed by atoms with Crippen LogP contribution in [0.3, 0.4) is 0 Å². The van der Waals surface area contributed by atoms with E-state index in [9.17, 15) is 0 Å². The van der Waals surface area contributed by atoms with E-state index in [4.69, 9.17) is 11.6 Å². The molecule has 0 atom stereocenters. The largest absolute Gasteiger partial charge is 0.372 e. The molecule has 1 aromatic heterocycles. The molecule has 0 saturated heterocycles. The minimum Gasteiger partial charge on any atom is -0.372 e. The van der Waals surface area contributed by atoms with Crippen LogP contribution in [0.25, 0.3) is 0 Å². The maximum Gasteiger partial charge on any atom is 0.156 e. The topological polar surface area (TPSA) is 41.0 Å². The second-order valence-electron chi connectivity index (χ2n) is 4.93. The van der Waals surface area contributed by atoms with Crippen molar-refractivity contribution in [2.45, 2.75) is 27.7 Å². The Morgan fingerprint density at radius 2 is 1.62 bits per heavy atom. The highest BCUT2D eigenvalue weighted by Crippen LogP contribution is 2.25. The Kier molecular flexibility index (Phi) is 5.02. The van der Waals surface area contributed by atoms with E-state index >= 15 is 0 Å². The summed E-state index contributed by atoms with van der Waals surface area (Å²) in [5, 5.41) is 11.8. The lowest BCUT2D eigenvalue weighted by molar-refractivity contribution is 0.866. The van der Waals surface area contributed by atoms with Crippen LogP contribution in [-0.4, -0.2) is 23.3 Å². The molecule has 0 fully saturated rings. The van der Waals surface area contributed by atoms with Crippen molar-refractivity contribution in [1.29, 1.82) is 0 Å². The van der Waals surface area contributed by atoms with E-state index in [0.717, 1.165) is 35.7 Å². The SMILES string of the molecule is CCN(CC)c1ccc(Nc2nnc(Cl)c(C)c2C)cc1. The molecular formula is C16H21ClN4. The molecule has 4 nitrogen and oxygen atoms in total. The predicted octanol–water partition coefficient (Wildman–Crippen LogP) is 4.34. The van der Waals surface area contributed by atoms with E-state index < -0.39 is 0 Å². The number of hydrogen-bond acceptors (Lipinski definition) is 4. The van der Waals surface area contributed by atoms with Crippen LogP contribution in [0.5, 0.6) is 0 Å². The van der Waals surface area contributed by atoms with Crippen LogP contribution < -0.4 is 10.2 Å².